The average molecular weight is 222 g/mol. The normalized spacial score (nSPS) is 15.5. The lowest BCUT2D eigenvalue weighted by atomic mass is 9.96. The molecule has 0 amide bonds. The van der Waals surface area contributed by atoms with Gasteiger partial charge in [0.15, 0.2) is 0 Å². The molecule has 0 aromatic heterocycles. The van der Waals surface area contributed by atoms with Crippen LogP contribution >= 0.6 is 11.6 Å². The van der Waals surface area contributed by atoms with Gasteiger partial charge in [0.2, 0.25) is 0 Å². The minimum absolute atomic E-state index is 0.341. The summed E-state index contributed by atoms with van der Waals surface area (Å²) in [7, 11) is 0. The maximum Gasteiger partial charge on any atom is 0.121 e. The molecule has 1 aliphatic rings. The predicted molar refractivity (Wildman–Crippen MR) is 59.2 cm³/mol. The van der Waals surface area contributed by atoms with Crippen LogP contribution in [0.5, 0.6) is 5.75 Å². The molecule has 15 heavy (non-hydrogen) atoms. The Balaban J connectivity index is 2.23. The fourth-order valence-electron chi connectivity index (χ4n) is 1.60. The molecule has 0 spiro atoms. The van der Waals surface area contributed by atoms with Crippen LogP contribution < -0.4 is 4.74 Å². The Morgan fingerprint density at radius 3 is 2.67 bits per heavy atom. The van der Waals surface area contributed by atoms with Gasteiger partial charge in [-0.2, -0.15) is 5.26 Å². The minimum atomic E-state index is 0.341. The number of halogens is 1. The lowest BCUT2D eigenvalue weighted by Crippen LogP contribution is -2.24. The van der Waals surface area contributed by atoms with Crippen LogP contribution in [0.2, 0.25) is 5.02 Å². The molecule has 0 unspecified atom stereocenters. The number of aryl methyl sites for hydroxylation is 1. The van der Waals surface area contributed by atoms with E-state index in [1.165, 1.54) is 6.42 Å². The van der Waals surface area contributed by atoms with Gasteiger partial charge in [0.1, 0.15) is 11.8 Å². The van der Waals surface area contributed by atoms with Crippen molar-refractivity contribution in [3.05, 3.63) is 28.3 Å². The van der Waals surface area contributed by atoms with Crippen molar-refractivity contribution in [3.8, 4) is 11.8 Å². The first-order valence-electron chi connectivity index (χ1n) is 5.07. The zero-order valence-corrected chi connectivity index (χ0v) is 9.34. The molecule has 2 nitrogen and oxygen atoms in total. The number of nitrogens with zero attached hydrogens (tertiary/aromatic N) is 1. The molecular formula is C12H12ClNO. The van der Waals surface area contributed by atoms with Crippen molar-refractivity contribution in [2.75, 3.05) is 0 Å². The second kappa shape index (κ2) is 4.12. The van der Waals surface area contributed by atoms with Gasteiger partial charge in [-0.25, -0.2) is 0 Å². The SMILES string of the molecule is Cc1cc(OC2CCC2)cc(Cl)c1C#N. The first-order chi connectivity index (χ1) is 7.20. The Hall–Kier alpha value is -1.20. The molecule has 1 aromatic carbocycles. The molecule has 1 aliphatic carbocycles. The maximum atomic E-state index is 8.85. The van der Waals surface area contributed by atoms with Gasteiger partial charge in [0.05, 0.1) is 16.7 Å². The third-order valence-corrected chi connectivity index (χ3v) is 3.03. The Morgan fingerprint density at radius 2 is 2.20 bits per heavy atom. The summed E-state index contributed by atoms with van der Waals surface area (Å²) >= 11 is 5.98. The summed E-state index contributed by atoms with van der Waals surface area (Å²) in [5.41, 5.74) is 1.41. The summed E-state index contributed by atoms with van der Waals surface area (Å²) in [4.78, 5) is 0. The Kier molecular flexibility index (Phi) is 2.83. The molecule has 0 N–H and O–H groups in total. The smallest absolute Gasteiger partial charge is 0.121 e. The van der Waals surface area contributed by atoms with Gasteiger partial charge >= 0.3 is 0 Å². The van der Waals surface area contributed by atoms with E-state index in [1.807, 2.05) is 13.0 Å². The fourth-order valence-corrected chi connectivity index (χ4v) is 1.90. The molecule has 0 saturated heterocycles. The third kappa shape index (κ3) is 2.08. The highest BCUT2D eigenvalue weighted by Crippen LogP contribution is 2.30. The quantitative estimate of drug-likeness (QED) is 0.766. The monoisotopic (exact) mass is 221 g/mol. The van der Waals surface area contributed by atoms with Crippen LogP contribution in [-0.2, 0) is 0 Å². The van der Waals surface area contributed by atoms with E-state index in [2.05, 4.69) is 6.07 Å². The van der Waals surface area contributed by atoms with Gasteiger partial charge in [-0.1, -0.05) is 11.6 Å². The molecule has 0 bridgehead atoms. The molecule has 3 heteroatoms. The van der Waals surface area contributed by atoms with Gasteiger partial charge in [0.25, 0.3) is 0 Å². The van der Waals surface area contributed by atoms with Gasteiger partial charge < -0.3 is 4.74 Å². The number of hydrogen-bond donors (Lipinski definition) is 0. The van der Waals surface area contributed by atoms with E-state index in [1.54, 1.807) is 6.07 Å². The van der Waals surface area contributed by atoms with Crippen LogP contribution in [0.25, 0.3) is 0 Å². The third-order valence-electron chi connectivity index (χ3n) is 2.73. The molecule has 0 radical (unpaired) electrons. The number of ether oxygens (including phenoxy) is 1. The Morgan fingerprint density at radius 1 is 1.47 bits per heavy atom. The second-order valence-corrected chi connectivity index (χ2v) is 4.29. The van der Waals surface area contributed by atoms with Crippen molar-refractivity contribution in [2.24, 2.45) is 0 Å². The van der Waals surface area contributed by atoms with Crippen molar-refractivity contribution < 1.29 is 4.74 Å². The molecule has 0 aliphatic heterocycles. The largest absolute Gasteiger partial charge is 0.490 e. The molecular weight excluding hydrogens is 210 g/mol. The molecule has 0 heterocycles. The summed E-state index contributed by atoms with van der Waals surface area (Å²) in [6.45, 7) is 1.87. The van der Waals surface area contributed by atoms with E-state index in [0.29, 0.717) is 16.7 Å². The van der Waals surface area contributed by atoms with Crippen LogP contribution in [0.3, 0.4) is 0 Å². The first-order valence-corrected chi connectivity index (χ1v) is 5.45. The number of benzene rings is 1. The van der Waals surface area contributed by atoms with Crippen LogP contribution in [-0.4, -0.2) is 6.10 Å². The minimum Gasteiger partial charge on any atom is -0.490 e. The molecule has 0 atom stereocenters. The number of nitriles is 1. The van der Waals surface area contributed by atoms with E-state index in [-0.39, 0.29) is 0 Å². The molecule has 78 valence electrons. The molecule has 2 rings (SSSR count). The lowest BCUT2D eigenvalue weighted by molar-refractivity contribution is 0.120. The summed E-state index contributed by atoms with van der Waals surface area (Å²) in [5.74, 6) is 0.779. The predicted octanol–water partition coefficient (Wildman–Crippen LogP) is 3.45. The van der Waals surface area contributed by atoms with Gasteiger partial charge in [-0.05, 0) is 37.8 Å². The van der Waals surface area contributed by atoms with Crippen molar-refractivity contribution in [1.82, 2.24) is 0 Å². The van der Waals surface area contributed by atoms with Crippen LogP contribution in [0.1, 0.15) is 30.4 Å². The maximum absolute atomic E-state index is 8.85. The standard InChI is InChI=1S/C12H12ClNO/c1-8-5-10(15-9-3-2-4-9)6-12(13)11(8)7-14/h5-6,9H,2-4H2,1H3. The number of rotatable bonds is 2. The van der Waals surface area contributed by atoms with Crippen molar-refractivity contribution in [1.29, 1.82) is 5.26 Å². The number of hydrogen-bond acceptors (Lipinski definition) is 2. The van der Waals surface area contributed by atoms with Crippen molar-refractivity contribution >= 4 is 11.6 Å². The van der Waals surface area contributed by atoms with E-state index < -0.39 is 0 Å². The Bertz CT molecular complexity index is 395. The topological polar surface area (TPSA) is 33.0 Å². The van der Waals surface area contributed by atoms with E-state index in [0.717, 1.165) is 24.2 Å². The van der Waals surface area contributed by atoms with Gasteiger partial charge in [0, 0.05) is 6.07 Å². The first kappa shape index (κ1) is 10.3. The van der Waals surface area contributed by atoms with Crippen LogP contribution in [0.15, 0.2) is 12.1 Å². The van der Waals surface area contributed by atoms with Crippen LogP contribution in [0.4, 0.5) is 0 Å². The molecule has 1 fully saturated rings. The lowest BCUT2D eigenvalue weighted by Gasteiger charge is -2.26. The van der Waals surface area contributed by atoms with Gasteiger partial charge in [-0.3, -0.25) is 0 Å². The van der Waals surface area contributed by atoms with E-state index in [9.17, 15) is 0 Å². The fraction of sp³-hybridized carbons (Fsp3) is 0.417. The molecule has 1 aromatic rings. The highest BCUT2D eigenvalue weighted by atomic mass is 35.5. The van der Waals surface area contributed by atoms with Gasteiger partial charge in [-0.15, -0.1) is 0 Å². The molecule has 1 saturated carbocycles. The van der Waals surface area contributed by atoms with Crippen molar-refractivity contribution in [2.45, 2.75) is 32.3 Å². The average Bonchev–Trinajstić information content (AvgIpc) is 2.11. The summed E-state index contributed by atoms with van der Waals surface area (Å²) in [5, 5.41) is 9.33. The zero-order chi connectivity index (χ0) is 10.8. The Labute approximate surface area is 94.4 Å². The van der Waals surface area contributed by atoms with E-state index in [4.69, 9.17) is 21.6 Å². The second-order valence-electron chi connectivity index (χ2n) is 3.88. The zero-order valence-electron chi connectivity index (χ0n) is 8.59. The summed E-state index contributed by atoms with van der Waals surface area (Å²) in [6.07, 6.45) is 3.83. The highest BCUT2D eigenvalue weighted by molar-refractivity contribution is 6.32. The summed E-state index contributed by atoms with van der Waals surface area (Å²) < 4.78 is 5.72. The van der Waals surface area contributed by atoms with Crippen molar-refractivity contribution in [3.63, 3.8) is 0 Å². The van der Waals surface area contributed by atoms with E-state index >= 15 is 0 Å². The van der Waals surface area contributed by atoms with Crippen LogP contribution in [0, 0.1) is 18.3 Å². The highest BCUT2D eigenvalue weighted by Gasteiger charge is 2.19. The summed E-state index contributed by atoms with van der Waals surface area (Å²) in [6, 6.07) is 5.69.